The van der Waals surface area contributed by atoms with Gasteiger partial charge in [0.25, 0.3) is 0 Å². The van der Waals surface area contributed by atoms with Crippen molar-refractivity contribution in [3.8, 4) is 24.7 Å². The Balaban J connectivity index is 5.10. The summed E-state index contributed by atoms with van der Waals surface area (Å²) >= 11 is 0. The molecule has 0 spiro atoms. The molecule has 0 radical (unpaired) electrons. The monoisotopic (exact) mass is 436 g/mol. The van der Waals surface area contributed by atoms with Gasteiger partial charge in [0.15, 0.2) is 0 Å². The predicted molar refractivity (Wildman–Crippen MR) is 67.3 cm³/mol. The first kappa shape index (κ1) is 26.2. The van der Waals surface area contributed by atoms with Gasteiger partial charge in [-0.1, -0.05) is 11.8 Å². The van der Waals surface area contributed by atoms with Crippen LogP contribution in [-0.2, 0) is 23.7 Å². The lowest BCUT2D eigenvalue weighted by molar-refractivity contribution is -0.566. The molecule has 0 amide bonds. The SMILES string of the molecule is C#CCOCC(F)(F)OC(F)(F)OC(F)(F)C(F)(F)OC(F)(F)COCC#C. The Morgan fingerprint density at radius 3 is 1.32 bits per heavy atom. The first-order valence-electron chi connectivity index (χ1n) is 6.51. The van der Waals surface area contributed by atoms with Gasteiger partial charge in [-0.05, 0) is 0 Å². The minimum atomic E-state index is -6.57. The van der Waals surface area contributed by atoms with Crippen LogP contribution in [0.1, 0.15) is 0 Å². The Labute approximate surface area is 150 Å². The van der Waals surface area contributed by atoms with E-state index in [-0.39, 0.29) is 0 Å². The molecule has 0 aromatic carbocycles. The molecule has 0 atom stereocenters. The van der Waals surface area contributed by atoms with Gasteiger partial charge in [-0.25, -0.2) is 14.2 Å². The maximum atomic E-state index is 13.1. The Kier molecular flexibility index (Phi) is 9.01. The number of halogens is 10. The molecule has 0 heterocycles. The second-order valence-electron chi connectivity index (χ2n) is 4.47. The molecule has 0 saturated heterocycles. The topological polar surface area (TPSA) is 46.2 Å². The molecule has 0 rings (SSSR count). The molecule has 0 aromatic heterocycles. The van der Waals surface area contributed by atoms with E-state index in [1.165, 1.54) is 0 Å². The number of hydrogen-bond acceptors (Lipinski definition) is 5. The third kappa shape index (κ3) is 9.43. The van der Waals surface area contributed by atoms with E-state index in [1.807, 2.05) is 0 Å². The van der Waals surface area contributed by atoms with Crippen molar-refractivity contribution in [2.45, 2.75) is 30.7 Å². The van der Waals surface area contributed by atoms with Crippen LogP contribution in [0.3, 0.4) is 0 Å². The van der Waals surface area contributed by atoms with Crippen LogP contribution in [0.4, 0.5) is 43.9 Å². The average molecular weight is 436 g/mol. The van der Waals surface area contributed by atoms with Gasteiger partial charge in [0.2, 0.25) is 0 Å². The number of rotatable bonds is 13. The van der Waals surface area contributed by atoms with Crippen molar-refractivity contribution < 1.29 is 67.6 Å². The summed E-state index contributed by atoms with van der Waals surface area (Å²) in [5, 5.41) is 0. The molecule has 0 saturated carbocycles. The normalized spacial score (nSPS) is 13.9. The zero-order valence-corrected chi connectivity index (χ0v) is 13.3. The van der Waals surface area contributed by atoms with Crippen LogP contribution < -0.4 is 0 Å². The molecule has 15 heteroatoms. The quantitative estimate of drug-likeness (QED) is 0.192. The zero-order valence-electron chi connectivity index (χ0n) is 13.3. The summed E-state index contributed by atoms with van der Waals surface area (Å²) in [4.78, 5) is 0. The predicted octanol–water partition coefficient (Wildman–Crippen LogP) is 3.26. The third-order valence-electron chi connectivity index (χ3n) is 2.04. The average Bonchev–Trinajstić information content (AvgIpc) is 2.43. The van der Waals surface area contributed by atoms with Crippen LogP contribution in [0.15, 0.2) is 0 Å². The number of hydrogen-bond donors (Lipinski definition) is 0. The van der Waals surface area contributed by atoms with Crippen molar-refractivity contribution in [2.24, 2.45) is 0 Å². The Morgan fingerprint density at radius 2 is 0.929 bits per heavy atom. The van der Waals surface area contributed by atoms with Gasteiger partial charge in [0, 0.05) is 0 Å². The van der Waals surface area contributed by atoms with Gasteiger partial charge in [0.05, 0.1) is 0 Å². The summed E-state index contributed by atoms with van der Waals surface area (Å²) in [6, 6.07) is 0. The standard InChI is InChI=1S/C13H10F10O5/c1-3-5-24-7-9(14,15)26-11(18,19)12(20,21)28-13(22,23)27-10(16,17)8-25-6-4-2/h1-2H,5-8H2. The highest BCUT2D eigenvalue weighted by atomic mass is 19.3. The van der Waals surface area contributed by atoms with Crippen LogP contribution in [-0.4, -0.2) is 57.2 Å². The molecule has 28 heavy (non-hydrogen) atoms. The summed E-state index contributed by atoms with van der Waals surface area (Å²) in [5.41, 5.74) is 0. The lowest BCUT2D eigenvalue weighted by Gasteiger charge is -2.31. The smallest absolute Gasteiger partial charge is 0.360 e. The number of terminal acetylenes is 2. The van der Waals surface area contributed by atoms with E-state index in [0.29, 0.717) is 0 Å². The van der Waals surface area contributed by atoms with Gasteiger partial charge >= 0.3 is 30.7 Å². The second-order valence-corrected chi connectivity index (χ2v) is 4.47. The van der Waals surface area contributed by atoms with Gasteiger partial charge in [0.1, 0.15) is 26.4 Å². The van der Waals surface area contributed by atoms with Gasteiger partial charge < -0.3 is 9.47 Å². The van der Waals surface area contributed by atoms with Crippen molar-refractivity contribution in [1.82, 2.24) is 0 Å². The first-order chi connectivity index (χ1) is 12.5. The molecule has 0 bridgehead atoms. The van der Waals surface area contributed by atoms with E-state index in [2.05, 4.69) is 36.5 Å². The minimum Gasteiger partial charge on any atom is -0.360 e. The fraction of sp³-hybridized carbons (Fsp3) is 0.692. The molecule has 0 aliphatic heterocycles. The zero-order chi connectivity index (χ0) is 22.3. The molecule has 162 valence electrons. The molecular formula is C13H10F10O5. The molecule has 0 aliphatic carbocycles. The fourth-order valence-corrected chi connectivity index (χ4v) is 1.17. The van der Waals surface area contributed by atoms with E-state index in [4.69, 9.17) is 0 Å². The lowest BCUT2D eigenvalue weighted by Crippen LogP contribution is -2.54. The second kappa shape index (κ2) is 9.62. The molecule has 0 fully saturated rings. The van der Waals surface area contributed by atoms with Crippen molar-refractivity contribution in [3.05, 3.63) is 0 Å². The van der Waals surface area contributed by atoms with Crippen LogP contribution >= 0.6 is 0 Å². The highest BCUT2D eigenvalue weighted by Gasteiger charge is 2.68. The van der Waals surface area contributed by atoms with Crippen molar-refractivity contribution in [2.75, 3.05) is 26.4 Å². The van der Waals surface area contributed by atoms with E-state index in [0.717, 1.165) is 0 Å². The molecule has 0 aromatic rings. The van der Waals surface area contributed by atoms with E-state index < -0.39 is 57.2 Å². The summed E-state index contributed by atoms with van der Waals surface area (Å²) in [6.07, 6.45) is -20.1. The van der Waals surface area contributed by atoms with E-state index in [1.54, 1.807) is 11.8 Å². The summed E-state index contributed by atoms with van der Waals surface area (Å²) in [5.74, 6) is 3.27. The van der Waals surface area contributed by atoms with Crippen LogP contribution in [0.25, 0.3) is 0 Å². The van der Waals surface area contributed by atoms with Crippen molar-refractivity contribution >= 4 is 0 Å². The number of ether oxygens (including phenoxy) is 5. The van der Waals surface area contributed by atoms with Gasteiger partial charge in [-0.2, -0.15) is 35.1 Å². The summed E-state index contributed by atoms with van der Waals surface area (Å²) in [7, 11) is 0. The summed E-state index contributed by atoms with van der Waals surface area (Å²) < 4.78 is 145. The molecule has 5 nitrogen and oxygen atoms in total. The molecule has 0 N–H and O–H groups in total. The van der Waals surface area contributed by atoms with Crippen LogP contribution in [0.5, 0.6) is 0 Å². The van der Waals surface area contributed by atoms with Crippen LogP contribution in [0.2, 0.25) is 0 Å². The maximum absolute atomic E-state index is 13.1. The van der Waals surface area contributed by atoms with Crippen molar-refractivity contribution in [1.29, 1.82) is 0 Å². The minimum absolute atomic E-state index is 0.829. The van der Waals surface area contributed by atoms with Crippen molar-refractivity contribution in [3.63, 3.8) is 0 Å². The maximum Gasteiger partial charge on any atom is 0.495 e. The lowest BCUT2D eigenvalue weighted by atomic mass is 10.5. The van der Waals surface area contributed by atoms with E-state index in [9.17, 15) is 43.9 Å². The van der Waals surface area contributed by atoms with Crippen LogP contribution in [0, 0.1) is 24.7 Å². The van der Waals surface area contributed by atoms with Gasteiger partial charge in [-0.15, -0.1) is 21.6 Å². The third-order valence-corrected chi connectivity index (χ3v) is 2.04. The highest BCUT2D eigenvalue weighted by Crippen LogP contribution is 2.44. The number of alkyl halides is 10. The molecule has 0 unspecified atom stereocenters. The highest BCUT2D eigenvalue weighted by molar-refractivity contribution is 4.83. The van der Waals surface area contributed by atoms with E-state index >= 15 is 0 Å². The largest absolute Gasteiger partial charge is 0.495 e. The Morgan fingerprint density at radius 1 is 0.571 bits per heavy atom. The Hall–Kier alpha value is -1.78. The summed E-state index contributed by atoms with van der Waals surface area (Å²) in [6.45, 7) is -5.76. The Bertz CT molecular complexity index is 581. The molecular weight excluding hydrogens is 426 g/mol. The van der Waals surface area contributed by atoms with Gasteiger partial charge in [-0.3, -0.25) is 0 Å². The first-order valence-corrected chi connectivity index (χ1v) is 6.51. The fourth-order valence-electron chi connectivity index (χ4n) is 1.17. The molecule has 0 aliphatic rings.